The van der Waals surface area contributed by atoms with Crippen molar-refractivity contribution in [3.63, 3.8) is 0 Å². The lowest BCUT2D eigenvalue weighted by Crippen LogP contribution is -2.34. The molecule has 0 aromatic heterocycles. The molecule has 3 aliphatic carbocycles. The quantitative estimate of drug-likeness (QED) is 0.0759. The molecule has 0 saturated heterocycles. The van der Waals surface area contributed by atoms with E-state index in [1.54, 1.807) is 12.2 Å². The van der Waals surface area contributed by atoms with Gasteiger partial charge in [-0.2, -0.15) is 0 Å². The monoisotopic (exact) mass is 522 g/mol. The van der Waals surface area contributed by atoms with Crippen LogP contribution in [0.2, 0.25) is 0 Å². The normalized spacial score (nSPS) is 31.3. The average molecular weight is 523 g/mol. The van der Waals surface area contributed by atoms with E-state index in [9.17, 15) is 14.4 Å². The average Bonchev–Trinajstić information content (AvgIpc) is 3.34. The number of unbranched alkanes of at least 4 members (excludes halogenated alkanes) is 7. The van der Waals surface area contributed by atoms with Gasteiger partial charge in [0.1, 0.15) is 6.29 Å². The van der Waals surface area contributed by atoms with E-state index >= 15 is 0 Å². The van der Waals surface area contributed by atoms with E-state index in [1.807, 2.05) is 6.08 Å². The smallest absolute Gasteiger partial charge is 0.330 e. The number of aldehydes is 1. The number of ketones is 1. The topological polar surface area (TPSA) is 60.4 Å². The molecule has 0 aliphatic heterocycles. The van der Waals surface area contributed by atoms with Gasteiger partial charge in [-0.1, -0.05) is 95.6 Å². The highest BCUT2D eigenvalue weighted by Crippen LogP contribution is 2.58. The van der Waals surface area contributed by atoms with Crippen molar-refractivity contribution in [1.29, 1.82) is 0 Å². The second kappa shape index (κ2) is 14.8. The van der Waals surface area contributed by atoms with Crippen LogP contribution in [0.5, 0.6) is 0 Å². The molecule has 210 valence electrons. The van der Waals surface area contributed by atoms with Crippen LogP contribution in [-0.2, 0) is 19.1 Å². The summed E-state index contributed by atoms with van der Waals surface area (Å²) < 4.78 is 5.35. The van der Waals surface area contributed by atoms with Gasteiger partial charge in [0.15, 0.2) is 5.78 Å². The Kier molecular flexibility index (Phi) is 11.8. The molecule has 0 spiro atoms. The van der Waals surface area contributed by atoms with Crippen LogP contribution in [0, 0.1) is 35.0 Å². The second-order valence-electron chi connectivity index (χ2n) is 12.3. The minimum absolute atomic E-state index is 0.0990. The second-order valence-corrected chi connectivity index (χ2v) is 12.3. The van der Waals surface area contributed by atoms with E-state index in [2.05, 4.69) is 39.8 Å². The summed E-state index contributed by atoms with van der Waals surface area (Å²) in [5.74, 6) is 1.06. The van der Waals surface area contributed by atoms with Gasteiger partial charge < -0.3 is 4.74 Å². The van der Waals surface area contributed by atoms with Crippen molar-refractivity contribution in [1.82, 2.24) is 0 Å². The Morgan fingerprint density at radius 3 is 2.55 bits per heavy atom. The zero-order valence-corrected chi connectivity index (χ0v) is 24.3. The Hall–Kier alpha value is -2.23. The Balaban J connectivity index is 1.47. The number of rotatable bonds is 14. The standard InChI is InChI=1S/C34H50O4/c1-5-6-7-8-9-10-11-14-21-38-32(37)16-13-12-15-25(2)28-19-20-34(4)23-29-26(3)22-31(36)33(29)27(24-35)17-18-30(28)34/h12-13,15-17,22,24-25,28-30,33H,5-11,14,18-21,23H2,1-4H3/b15-12-,16-13-,27-17-/t25-,28+,29+,30-,33-,34+/m0/s1. The van der Waals surface area contributed by atoms with Gasteiger partial charge in [0.05, 0.1) is 12.5 Å². The van der Waals surface area contributed by atoms with Crippen LogP contribution in [0.1, 0.15) is 105 Å². The van der Waals surface area contributed by atoms with Gasteiger partial charge in [0, 0.05) is 6.08 Å². The first-order valence-electron chi connectivity index (χ1n) is 15.2. The molecule has 4 heteroatoms. The molecule has 0 amide bonds. The zero-order valence-electron chi connectivity index (χ0n) is 24.3. The van der Waals surface area contributed by atoms with Crippen molar-refractivity contribution in [3.8, 4) is 0 Å². The van der Waals surface area contributed by atoms with Crippen LogP contribution in [0.25, 0.3) is 0 Å². The van der Waals surface area contributed by atoms with E-state index in [-0.39, 0.29) is 29.0 Å². The Labute approximate surface area is 231 Å². The lowest BCUT2D eigenvalue weighted by molar-refractivity contribution is -0.137. The lowest BCUT2D eigenvalue weighted by atomic mass is 9.63. The predicted molar refractivity (Wildman–Crippen MR) is 154 cm³/mol. The maximum atomic E-state index is 12.6. The molecular formula is C34H50O4. The molecule has 3 rings (SSSR count). The largest absolute Gasteiger partial charge is 0.463 e. The van der Waals surface area contributed by atoms with Crippen LogP contribution < -0.4 is 0 Å². The van der Waals surface area contributed by atoms with Crippen molar-refractivity contribution in [2.75, 3.05) is 6.61 Å². The highest BCUT2D eigenvalue weighted by atomic mass is 16.5. The molecule has 38 heavy (non-hydrogen) atoms. The van der Waals surface area contributed by atoms with Crippen LogP contribution in [-0.4, -0.2) is 24.6 Å². The minimum atomic E-state index is -0.276. The first-order valence-corrected chi connectivity index (χ1v) is 15.2. The molecule has 3 aliphatic rings. The SMILES string of the molecule is CCCCCCCCCCOC(=O)/C=C\C=C/[C@H](C)[C@H]1CC[C@]2(C)C[C@@H]3C(C)=CC(=O)[C@H]3/C(C=O)=C\C[C@@H]12. The maximum Gasteiger partial charge on any atom is 0.330 e. The van der Waals surface area contributed by atoms with Crippen molar-refractivity contribution < 1.29 is 19.1 Å². The first kappa shape index (κ1) is 30.3. The van der Waals surface area contributed by atoms with Crippen LogP contribution >= 0.6 is 0 Å². The number of allylic oxidation sites excluding steroid dienone is 7. The zero-order chi connectivity index (χ0) is 27.5. The predicted octanol–water partition coefficient (Wildman–Crippen LogP) is 8.13. The fourth-order valence-electron chi connectivity index (χ4n) is 7.29. The molecule has 0 radical (unpaired) electrons. The lowest BCUT2D eigenvalue weighted by Gasteiger charge is -2.40. The summed E-state index contributed by atoms with van der Waals surface area (Å²) in [5, 5.41) is 0. The molecule has 0 aromatic rings. The van der Waals surface area contributed by atoms with Gasteiger partial charge in [0.25, 0.3) is 0 Å². The van der Waals surface area contributed by atoms with E-state index in [1.165, 1.54) is 44.6 Å². The van der Waals surface area contributed by atoms with Crippen LogP contribution in [0.3, 0.4) is 0 Å². The molecule has 1 fully saturated rings. The highest BCUT2D eigenvalue weighted by molar-refractivity contribution is 6.01. The Morgan fingerprint density at radius 2 is 1.84 bits per heavy atom. The Morgan fingerprint density at radius 1 is 1.13 bits per heavy atom. The fraction of sp³-hybridized carbons (Fsp3) is 0.676. The summed E-state index contributed by atoms with van der Waals surface area (Å²) >= 11 is 0. The van der Waals surface area contributed by atoms with Gasteiger partial charge in [-0.25, -0.2) is 4.79 Å². The minimum Gasteiger partial charge on any atom is -0.463 e. The van der Waals surface area contributed by atoms with E-state index < -0.39 is 0 Å². The third kappa shape index (κ3) is 7.90. The molecule has 0 unspecified atom stereocenters. The summed E-state index contributed by atoms with van der Waals surface area (Å²) in [6.07, 6.45) is 26.2. The van der Waals surface area contributed by atoms with E-state index in [0.29, 0.717) is 29.9 Å². The molecule has 0 N–H and O–H groups in total. The van der Waals surface area contributed by atoms with Gasteiger partial charge in [-0.3, -0.25) is 9.59 Å². The van der Waals surface area contributed by atoms with Gasteiger partial charge in [-0.05, 0) is 79.8 Å². The van der Waals surface area contributed by atoms with Crippen molar-refractivity contribution in [2.24, 2.45) is 35.0 Å². The van der Waals surface area contributed by atoms with Crippen molar-refractivity contribution in [2.45, 2.75) is 105 Å². The number of carbonyl (C=O) groups is 3. The third-order valence-corrected chi connectivity index (χ3v) is 9.59. The number of hydrogen-bond donors (Lipinski definition) is 0. The van der Waals surface area contributed by atoms with E-state index in [0.717, 1.165) is 50.4 Å². The van der Waals surface area contributed by atoms with Gasteiger partial charge >= 0.3 is 5.97 Å². The maximum absolute atomic E-state index is 12.6. The van der Waals surface area contributed by atoms with Crippen LogP contribution in [0.15, 0.2) is 47.6 Å². The number of carbonyl (C=O) groups excluding carboxylic acids is 3. The van der Waals surface area contributed by atoms with Crippen LogP contribution in [0.4, 0.5) is 0 Å². The van der Waals surface area contributed by atoms with Gasteiger partial charge in [0.2, 0.25) is 0 Å². The number of ether oxygens (including phenoxy) is 1. The summed E-state index contributed by atoms with van der Waals surface area (Å²) in [6.45, 7) is 9.44. The summed E-state index contributed by atoms with van der Waals surface area (Å²) in [4.78, 5) is 36.6. The molecule has 1 saturated carbocycles. The highest BCUT2D eigenvalue weighted by Gasteiger charge is 2.50. The summed E-state index contributed by atoms with van der Waals surface area (Å²) in [7, 11) is 0. The molecular weight excluding hydrogens is 472 g/mol. The molecule has 0 aromatic carbocycles. The van der Waals surface area contributed by atoms with Gasteiger partial charge in [-0.15, -0.1) is 0 Å². The summed E-state index contributed by atoms with van der Waals surface area (Å²) in [6, 6.07) is 0. The number of fused-ring (bicyclic) bond motifs is 2. The third-order valence-electron chi connectivity index (χ3n) is 9.59. The van der Waals surface area contributed by atoms with Crippen molar-refractivity contribution in [3.05, 3.63) is 47.6 Å². The van der Waals surface area contributed by atoms with E-state index in [4.69, 9.17) is 4.74 Å². The number of hydrogen-bond acceptors (Lipinski definition) is 4. The first-order chi connectivity index (χ1) is 18.3. The van der Waals surface area contributed by atoms with Crippen molar-refractivity contribution >= 4 is 18.0 Å². The molecule has 0 heterocycles. The Bertz CT molecular complexity index is 938. The molecule has 6 atom stereocenters. The number of esters is 1. The summed E-state index contributed by atoms with van der Waals surface area (Å²) in [5.41, 5.74) is 1.97. The molecule has 4 nitrogen and oxygen atoms in total. The molecule has 0 bridgehead atoms. The fourth-order valence-corrected chi connectivity index (χ4v) is 7.29.